The lowest BCUT2D eigenvalue weighted by Gasteiger charge is -2.11. The number of benzene rings is 8. The van der Waals surface area contributed by atoms with Gasteiger partial charge in [-0.05, 0) is 110 Å². The van der Waals surface area contributed by atoms with Crippen LogP contribution in [-0.4, -0.2) is 13.7 Å². The molecule has 59 heavy (non-hydrogen) atoms. The van der Waals surface area contributed by atoms with Crippen molar-refractivity contribution < 1.29 is 8.83 Å². The lowest BCUT2D eigenvalue weighted by atomic mass is 10.0. The first-order valence-electron chi connectivity index (χ1n) is 20.4. The molecule has 5 heterocycles. The van der Waals surface area contributed by atoms with Gasteiger partial charge in [0.1, 0.15) is 22.5 Å². The number of allylic oxidation sites excluding steroid dienone is 1. The summed E-state index contributed by atoms with van der Waals surface area (Å²) in [6.07, 6.45) is 6.36. The van der Waals surface area contributed by atoms with Gasteiger partial charge in [0.15, 0.2) is 0 Å². The van der Waals surface area contributed by atoms with Crippen molar-refractivity contribution in [3.05, 3.63) is 181 Å². The van der Waals surface area contributed by atoms with E-state index < -0.39 is 0 Å². The smallest absolute Gasteiger partial charge is 0.135 e. The Balaban J connectivity index is 1.11. The van der Waals surface area contributed by atoms with E-state index in [0.717, 1.165) is 68.7 Å². The number of hydrogen-bond acceptors (Lipinski definition) is 2. The van der Waals surface area contributed by atoms with Crippen molar-refractivity contribution in [2.75, 3.05) is 0 Å². The summed E-state index contributed by atoms with van der Waals surface area (Å²) in [4.78, 5) is 0. The largest absolute Gasteiger partial charge is 0.456 e. The van der Waals surface area contributed by atoms with E-state index in [0.29, 0.717) is 0 Å². The van der Waals surface area contributed by atoms with E-state index in [4.69, 9.17) is 8.83 Å². The van der Waals surface area contributed by atoms with E-state index in [1.807, 2.05) is 12.1 Å². The Hall–Kier alpha value is -7.76. The van der Waals surface area contributed by atoms with Crippen LogP contribution in [0, 0.1) is 0 Å². The molecule has 0 aliphatic heterocycles. The molecule has 276 valence electrons. The summed E-state index contributed by atoms with van der Waals surface area (Å²) in [5.41, 5.74) is 14.5. The number of aromatic nitrogens is 3. The zero-order chi connectivity index (χ0) is 38.3. The fourth-order valence-corrected chi connectivity index (χ4v) is 10.4. The number of nitrogens with zero attached hydrogens (tertiary/aromatic N) is 3. The number of hydrogen-bond donors (Lipinski definition) is 0. The standard InChI is InChI=1S/C54H33N3O2/c1-6-16-43-35(11-1)36-12-2-7-17-44(36)55(43)32-21-24-46-42(31-32)54-48(57(46)34-23-28-52-41(30-34)38-14-5-10-20-50(38)59-52)26-25-47-53(54)39-15-3-8-18-45(39)56(47)33-22-27-51-40(29-33)37-13-4-9-19-49(37)58-51/h1-4,6-13,15-31H,5,14H2. The Morgan fingerprint density at radius 2 is 0.831 bits per heavy atom. The van der Waals surface area contributed by atoms with Crippen molar-refractivity contribution in [1.29, 1.82) is 0 Å². The third-order valence-electron chi connectivity index (χ3n) is 12.9. The Morgan fingerprint density at radius 1 is 0.356 bits per heavy atom. The minimum Gasteiger partial charge on any atom is -0.456 e. The molecule has 5 nitrogen and oxygen atoms in total. The highest BCUT2D eigenvalue weighted by Gasteiger charge is 2.23. The number of rotatable bonds is 3. The molecule has 8 aromatic carbocycles. The molecule has 1 aliphatic carbocycles. The van der Waals surface area contributed by atoms with Gasteiger partial charge in [-0.15, -0.1) is 0 Å². The molecule has 0 bridgehead atoms. The second kappa shape index (κ2) is 11.4. The van der Waals surface area contributed by atoms with Crippen LogP contribution in [0.25, 0.3) is 121 Å². The van der Waals surface area contributed by atoms with Crippen LogP contribution in [0.1, 0.15) is 17.7 Å². The summed E-state index contributed by atoms with van der Waals surface area (Å²) in [6.45, 7) is 0. The van der Waals surface area contributed by atoms with Crippen LogP contribution in [0.4, 0.5) is 0 Å². The Bertz CT molecular complexity index is 3920. The third kappa shape index (κ3) is 4.18. The highest BCUT2D eigenvalue weighted by atomic mass is 16.3. The normalized spacial score (nSPS) is 13.2. The minimum absolute atomic E-state index is 0.894. The van der Waals surface area contributed by atoms with Gasteiger partial charge in [0.25, 0.3) is 0 Å². The molecule has 0 N–H and O–H groups in total. The Labute approximate surface area is 336 Å². The van der Waals surface area contributed by atoms with Crippen molar-refractivity contribution in [2.45, 2.75) is 12.8 Å². The maximum Gasteiger partial charge on any atom is 0.135 e. The third-order valence-corrected chi connectivity index (χ3v) is 12.9. The van der Waals surface area contributed by atoms with Crippen molar-refractivity contribution in [3.63, 3.8) is 0 Å². The topological polar surface area (TPSA) is 41.1 Å². The molecule has 14 rings (SSSR count). The van der Waals surface area contributed by atoms with Gasteiger partial charge in [-0.3, -0.25) is 0 Å². The van der Waals surface area contributed by atoms with Crippen molar-refractivity contribution >= 4 is 104 Å². The van der Waals surface area contributed by atoms with Crippen LogP contribution in [0.5, 0.6) is 0 Å². The van der Waals surface area contributed by atoms with Gasteiger partial charge in [-0.1, -0.05) is 78.9 Å². The molecule has 0 fully saturated rings. The zero-order valence-electron chi connectivity index (χ0n) is 31.8. The van der Waals surface area contributed by atoms with Gasteiger partial charge in [0.05, 0.1) is 33.1 Å². The first-order valence-corrected chi connectivity index (χ1v) is 20.4. The fraction of sp³-hybridized carbons (Fsp3) is 0.0370. The molecule has 0 atom stereocenters. The molecule has 13 aromatic rings. The minimum atomic E-state index is 0.894. The highest BCUT2D eigenvalue weighted by molar-refractivity contribution is 6.29. The van der Waals surface area contributed by atoms with E-state index in [1.165, 1.54) is 70.9 Å². The first-order chi connectivity index (χ1) is 29.3. The molecule has 1 aliphatic rings. The number of aryl methyl sites for hydroxylation is 1. The lowest BCUT2D eigenvalue weighted by molar-refractivity contribution is 0.595. The van der Waals surface area contributed by atoms with Crippen LogP contribution >= 0.6 is 0 Å². The quantitative estimate of drug-likeness (QED) is 0.180. The van der Waals surface area contributed by atoms with Gasteiger partial charge in [-0.2, -0.15) is 0 Å². The second-order valence-corrected chi connectivity index (χ2v) is 16.0. The average molecular weight is 756 g/mol. The van der Waals surface area contributed by atoms with E-state index in [1.54, 1.807) is 0 Å². The van der Waals surface area contributed by atoms with Gasteiger partial charge in [0.2, 0.25) is 0 Å². The molecule has 0 unspecified atom stereocenters. The summed E-state index contributed by atoms with van der Waals surface area (Å²) in [5.74, 6) is 0.984. The summed E-state index contributed by atoms with van der Waals surface area (Å²) >= 11 is 0. The number of para-hydroxylation sites is 4. The van der Waals surface area contributed by atoms with E-state index in [9.17, 15) is 0 Å². The van der Waals surface area contributed by atoms with Crippen molar-refractivity contribution in [2.24, 2.45) is 0 Å². The monoisotopic (exact) mass is 755 g/mol. The summed E-state index contributed by atoms with van der Waals surface area (Å²) in [6, 6.07) is 59.7. The fourth-order valence-electron chi connectivity index (χ4n) is 10.4. The number of furan rings is 2. The summed E-state index contributed by atoms with van der Waals surface area (Å²) in [5, 5.41) is 10.9. The van der Waals surface area contributed by atoms with E-state index in [-0.39, 0.29) is 0 Å². The van der Waals surface area contributed by atoms with Crippen LogP contribution in [0.15, 0.2) is 179 Å². The van der Waals surface area contributed by atoms with Crippen LogP contribution in [-0.2, 0) is 6.42 Å². The maximum absolute atomic E-state index is 6.35. The van der Waals surface area contributed by atoms with Gasteiger partial charge < -0.3 is 22.5 Å². The molecule has 0 amide bonds. The van der Waals surface area contributed by atoms with Gasteiger partial charge in [-0.25, -0.2) is 0 Å². The molecule has 5 aromatic heterocycles. The maximum atomic E-state index is 6.35. The first kappa shape index (κ1) is 31.3. The summed E-state index contributed by atoms with van der Waals surface area (Å²) < 4.78 is 20.0. The van der Waals surface area contributed by atoms with Crippen LogP contribution in [0.3, 0.4) is 0 Å². The SMILES string of the molecule is C1=Cc2oc3ccc(-n4c5ccc(-n6c7ccccc7c7ccccc76)cc5c5c6c7ccccc7n(-c7ccc8oc9ccccc9c8c7)c6ccc54)cc3c2CC1. The molecule has 0 radical (unpaired) electrons. The number of fused-ring (bicyclic) bond motifs is 16. The average Bonchev–Trinajstić information content (AvgIpc) is 4.09. The Morgan fingerprint density at radius 3 is 1.54 bits per heavy atom. The Kier molecular flexibility index (Phi) is 6.07. The summed E-state index contributed by atoms with van der Waals surface area (Å²) in [7, 11) is 0. The predicted molar refractivity (Wildman–Crippen MR) is 244 cm³/mol. The molecule has 0 saturated carbocycles. The predicted octanol–water partition coefficient (Wildman–Crippen LogP) is 14.6. The lowest BCUT2D eigenvalue weighted by Crippen LogP contribution is -1.96. The second-order valence-electron chi connectivity index (χ2n) is 16.0. The van der Waals surface area contributed by atoms with Crippen molar-refractivity contribution in [1.82, 2.24) is 13.7 Å². The van der Waals surface area contributed by atoms with Crippen LogP contribution in [0.2, 0.25) is 0 Å². The highest BCUT2D eigenvalue weighted by Crippen LogP contribution is 2.45. The molecule has 0 spiro atoms. The molecular weight excluding hydrogens is 723 g/mol. The van der Waals surface area contributed by atoms with Gasteiger partial charge >= 0.3 is 0 Å². The molecule has 5 heteroatoms. The zero-order valence-corrected chi connectivity index (χ0v) is 31.8. The molecular formula is C54H33N3O2. The van der Waals surface area contributed by atoms with E-state index >= 15 is 0 Å². The van der Waals surface area contributed by atoms with E-state index in [2.05, 4.69) is 178 Å². The van der Waals surface area contributed by atoms with Crippen LogP contribution < -0.4 is 0 Å². The molecule has 0 saturated heterocycles. The van der Waals surface area contributed by atoms with Crippen molar-refractivity contribution in [3.8, 4) is 17.1 Å². The van der Waals surface area contributed by atoms with Gasteiger partial charge in [0, 0.05) is 71.1 Å².